The maximum atomic E-state index is 5.60. The largest absolute Gasteiger partial charge is 0.497 e. The quantitative estimate of drug-likeness (QED) is 0.811. The van der Waals surface area contributed by atoms with Crippen molar-refractivity contribution in [2.24, 2.45) is 0 Å². The summed E-state index contributed by atoms with van der Waals surface area (Å²) >= 11 is 1.70. The van der Waals surface area contributed by atoms with E-state index in [0.717, 1.165) is 55.5 Å². The van der Waals surface area contributed by atoms with Crippen LogP contribution in [0.2, 0.25) is 0 Å². The maximum absolute atomic E-state index is 5.60. The van der Waals surface area contributed by atoms with E-state index in [1.165, 1.54) is 5.56 Å². The summed E-state index contributed by atoms with van der Waals surface area (Å²) in [5.41, 5.74) is 1.23. The molecule has 0 spiro atoms. The van der Waals surface area contributed by atoms with Gasteiger partial charge in [-0.15, -0.1) is 11.8 Å². The number of nitrogens with zero attached hydrogens (tertiary/aromatic N) is 1. The summed E-state index contributed by atoms with van der Waals surface area (Å²) in [6.45, 7) is 5.50. The van der Waals surface area contributed by atoms with Gasteiger partial charge in [0.15, 0.2) is 0 Å². The molecule has 1 saturated heterocycles. The van der Waals surface area contributed by atoms with Crippen molar-refractivity contribution < 1.29 is 9.47 Å². The van der Waals surface area contributed by atoms with Crippen LogP contribution in [0.4, 0.5) is 0 Å². The first kappa shape index (κ1) is 15.5. The van der Waals surface area contributed by atoms with E-state index in [4.69, 9.17) is 9.47 Å². The zero-order valence-corrected chi connectivity index (χ0v) is 13.4. The lowest BCUT2D eigenvalue weighted by atomic mass is 10.1. The highest BCUT2D eigenvalue weighted by atomic mass is 32.2. The molecule has 0 radical (unpaired) electrons. The molecule has 1 aromatic rings. The van der Waals surface area contributed by atoms with E-state index in [-0.39, 0.29) is 0 Å². The molecule has 20 heavy (non-hydrogen) atoms. The third-order valence-electron chi connectivity index (χ3n) is 3.67. The summed E-state index contributed by atoms with van der Waals surface area (Å²) in [6, 6.07) is 4.14. The maximum Gasteiger partial charge on any atom is 0.135 e. The number of methoxy groups -OCH3 is 2. The van der Waals surface area contributed by atoms with Crippen molar-refractivity contribution >= 4 is 11.8 Å². The highest BCUT2D eigenvalue weighted by Crippen LogP contribution is 2.35. The van der Waals surface area contributed by atoms with Crippen LogP contribution in [0.3, 0.4) is 0 Å². The van der Waals surface area contributed by atoms with Gasteiger partial charge in [0.2, 0.25) is 0 Å². The second-order valence-electron chi connectivity index (χ2n) is 4.86. The molecule has 4 nitrogen and oxygen atoms in total. The topological polar surface area (TPSA) is 33.7 Å². The minimum Gasteiger partial charge on any atom is -0.497 e. The lowest BCUT2D eigenvalue weighted by Crippen LogP contribution is -2.44. The normalized spacial score (nSPS) is 16.1. The Morgan fingerprint density at radius 1 is 1.20 bits per heavy atom. The summed E-state index contributed by atoms with van der Waals surface area (Å²) in [6.07, 6.45) is 3.06. The first-order chi connectivity index (χ1) is 9.78. The predicted octanol–water partition coefficient (Wildman–Crippen LogP) is 1.87. The number of hydrogen-bond donors (Lipinski definition) is 1. The first-order valence-electron chi connectivity index (χ1n) is 7.00. The van der Waals surface area contributed by atoms with E-state index in [2.05, 4.69) is 22.5 Å². The van der Waals surface area contributed by atoms with Crippen molar-refractivity contribution in [3.05, 3.63) is 17.7 Å². The summed E-state index contributed by atoms with van der Waals surface area (Å²) in [7, 11) is 3.46. The van der Waals surface area contributed by atoms with Crippen molar-refractivity contribution in [2.75, 3.05) is 53.2 Å². The van der Waals surface area contributed by atoms with Crippen LogP contribution >= 0.6 is 11.8 Å². The van der Waals surface area contributed by atoms with Gasteiger partial charge in [0.1, 0.15) is 11.5 Å². The summed E-state index contributed by atoms with van der Waals surface area (Å²) in [5.74, 6) is 1.90. The van der Waals surface area contributed by atoms with E-state index in [1.807, 2.05) is 6.07 Å². The fourth-order valence-corrected chi connectivity index (χ4v) is 3.17. The third kappa shape index (κ3) is 3.81. The standard InChI is InChI=1S/C15H24N2O2S/c1-18-13-10-12(15(19-2)14(11-13)20-3)4-7-17-8-5-16-6-9-17/h10-11,16H,4-9H2,1-3H3. The molecule has 0 aromatic heterocycles. The Kier molecular flexibility index (Phi) is 6.01. The number of rotatable bonds is 6. The summed E-state index contributed by atoms with van der Waals surface area (Å²) in [4.78, 5) is 3.64. The highest BCUT2D eigenvalue weighted by molar-refractivity contribution is 7.98. The summed E-state index contributed by atoms with van der Waals surface area (Å²) in [5, 5.41) is 3.38. The van der Waals surface area contributed by atoms with Crippen molar-refractivity contribution in [2.45, 2.75) is 11.3 Å². The number of thioether (sulfide) groups is 1. The average Bonchev–Trinajstić information content (AvgIpc) is 2.52. The van der Waals surface area contributed by atoms with Crippen LogP contribution < -0.4 is 14.8 Å². The van der Waals surface area contributed by atoms with Gasteiger partial charge in [0.05, 0.1) is 19.1 Å². The SMILES string of the molecule is COc1cc(CCN2CCNCC2)c(OC)c(SC)c1. The molecular weight excluding hydrogens is 272 g/mol. The van der Waals surface area contributed by atoms with Gasteiger partial charge in [-0.3, -0.25) is 0 Å². The molecule has 112 valence electrons. The van der Waals surface area contributed by atoms with E-state index in [1.54, 1.807) is 26.0 Å². The van der Waals surface area contributed by atoms with Gasteiger partial charge in [-0.25, -0.2) is 0 Å². The van der Waals surface area contributed by atoms with Gasteiger partial charge < -0.3 is 19.7 Å². The van der Waals surface area contributed by atoms with Crippen LogP contribution in [0.1, 0.15) is 5.56 Å². The summed E-state index contributed by atoms with van der Waals surface area (Å²) < 4.78 is 11.0. The molecule has 0 amide bonds. The first-order valence-corrected chi connectivity index (χ1v) is 8.23. The number of hydrogen-bond acceptors (Lipinski definition) is 5. The van der Waals surface area contributed by atoms with Gasteiger partial charge in [-0.05, 0) is 24.8 Å². The zero-order chi connectivity index (χ0) is 14.4. The van der Waals surface area contributed by atoms with Crippen LogP contribution in [0.5, 0.6) is 11.5 Å². The minimum absolute atomic E-state index is 0.908. The molecule has 0 saturated carbocycles. The van der Waals surface area contributed by atoms with Crippen LogP contribution in [0.15, 0.2) is 17.0 Å². The molecule has 1 heterocycles. The fourth-order valence-electron chi connectivity index (χ4n) is 2.53. The molecule has 0 unspecified atom stereocenters. The molecule has 2 rings (SSSR count). The molecule has 1 N–H and O–H groups in total. The monoisotopic (exact) mass is 296 g/mol. The van der Waals surface area contributed by atoms with Crippen LogP contribution in [0, 0.1) is 0 Å². The average molecular weight is 296 g/mol. The number of benzene rings is 1. The Hall–Kier alpha value is -0.910. The number of piperazine rings is 1. The Balaban J connectivity index is 2.11. The molecular formula is C15H24N2O2S. The molecule has 1 aromatic carbocycles. The van der Waals surface area contributed by atoms with Crippen molar-refractivity contribution in [3.63, 3.8) is 0 Å². The second kappa shape index (κ2) is 7.76. The van der Waals surface area contributed by atoms with Crippen LogP contribution in [-0.4, -0.2) is 58.1 Å². The smallest absolute Gasteiger partial charge is 0.135 e. The zero-order valence-electron chi connectivity index (χ0n) is 12.6. The van der Waals surface area contributed by atoms with Gasteiger partial charge in [-0.2, -0.15) is 0 Å². The minimum atomic E-state index is 0.908. The van der Waals surface area contributed by atoms with E-state index in [0.29, 0.717) is 0 Å². The van der Waals surface area contributed by atoms with Crippen LogP contribution in [0.25, 0.3) is 0 Å². The van der Waals surface area contributed by atoms with Gasteiger partial charge >= 0.3 is 0 Å². The Labute approximate surface area is 125 Å². The van der Waals surface area contributed by atoms with Crippen molar-refractivity contribution in [3.8, 4) is 11.5 Å². The molecule has 1 fully saturated rings. The Morgan fingerprint density at radius 2 is 1.95 bits per heavy atom. The lowest BCUT2D eigenvalue weighted by Gasteiger charge is -2.27. The molecule has 5 heteroatoms. The molecule has 0 aliphatic carbocycles. The Morgan fingerprint density at radius 3 is 2.55 bits per heavy atom. The van der Waals surface area contributed by atoms with Crippen molar-refractivity contribution in [1.29, 1.82) is 0 Å². The molecule has 1 aliphatic heterocycles. The highest BCUT2D eigenvalue weighted by Gasteiger charge is 2.14. The van der Waals surface area contributed by atoms with Crippen molar-refractivity contribution in [1.82, 2.24) is 10.2 Å². The van der Waals surface area contributed by atoms with Crippen LogP contribution in [-0.2, 0) is 6.42 Å². The molecule has 0 atom stereocenters. The molecule has 1 aliphatic rings. The predicted molar refractivity (Wildman–Crippen MR) is 84.3 cm³/mol. The van der Waals surface area contributed by atoms with E-state index >= 15 is 0 Å². The Bertz CT molecular complexity index is 434. The van der Waals surface area contributed by atoms with Gasteiger partial charge in [-0.1, -0.05) is 0 Å². The van der Waals surface area contributed by atoms with Gasteiger partial charge in [0, 0.05) is 38.3 Å². The van der Waals surface area contributed by atoms with E-state index < -0.39 is 0 Å². The molecule has 0 bridgehead atoms. The lowest BCUT2D eigenvalue weighted by molar-refractivity contribution is 0.243. The third-order valence-corrected chi connectivity index (χ3v) is 4.42. The van der Waals surface area contributed by atoms with Gasteiger partial charge in [0.25, 0.3) is 0 Å². The fraction of sp³-hybridized carbons (Fsp3) is 0.600. The second-order valence-corrected chi connectivity index (χ2v) is 5.71. The number of nitrogens with one attached hydrogen (secondary N) is 1. The van der Waals surface area contributed by atoms with E-state index in [9.17, 15) is 0 Å². The number of ether oxygens (including phenoxy) is 2.